The minimum absolute atomic E-state index is 0.146. The van der Waals surface area contributed by atoms with Crippen molar-refractivity contribution in [1.29, 1.82) is 0 Å². The number of benzene rings is 2. The molecule has 0 aliphatic carbocycles. The fourth-order valence-electron chi connectivity index (χ4n) is 2.77. The summed E-state index contributed by atoms with van der Waals surface area (Å²) in [7, 11) is 0. The Morgan fingerprint density at radius 1 is 1.05 bits per heavy atom. The number of anilines is 1. The third kappa shape index (κ3) is 3.16. The van der Waals surface area contributed by atoms with Crippen LogP contribution < -0.4 is 5.06 Å². The Morgan fingerprint density at radius 2 is 1.73 bits per heavy atom. The van der Waals surface area contributed by atoms with Gasteiger partial charge >= 0.3 is 0 Å². The fraction of sp³-hybridized carbons (Fsp3) is 0.300. The zero-order valence-corrected chi connectivity index (χ0v) is 12.9. The van der Waals surface area contributed by atoms with Crippen LogP contribution in [0.2, 0.25) is 0 Å². The molecule has 1 saturated heterocycles. The van der Waals surface area contributed by atoms with E-state index < -0.39 is 0 Å². The first-order valence-corrected chi connectivity index (χ1v) is 7.90. The Balaban J connectivity index is 1.93. The molecular formula is C20H21NO. The van der Waals surface area contributed by atoms with Crippen LogP contribution in [0.25, 0.3) is 0 Å². The summed E-state index contributed by atoms with van der Waals surface area (Å²) in [6.45, 7) is 2.80. The molecule has 0 unspecified atom stereocenters. The average molecular weight is 291 g/mol. The van der Waals surface area contributed by atoms with Crippen molar-refractivity contribution in [3.05, 3.63) is 66.2 Å². The molecule has 0 saturated carbocycles. The molecule has 2 atom stereocenters. The summed E-state index contributed by atoms with van der Waals surface area (Å²) in [6.07, 6.45) is 2.04. The van der Waals surface area contributed by atoms with E-state index in [1.165, 1.54) is 5.56 Å². The normalized spacial score (nSPS) is 20.5. The fourth-order valence-corrected chi connectivity index (χ4v) is 2.77. The van der Waals surface area contributed by atoms with Crippen LogP contribution in [0.3, 0.4) is 0 Å². The average Bonchev–Trinajstić information content (AvgIpc) is 3.01. The predicted molar refractivity (Wildman–Crippen MR) is 90.2 cm³/mol. The molecule has 112 valence electrons. The molecule has 1 fully saturated rings. The van der Waals surface area contributed by atoms with Gasteiger partial charge in [-0.1, -0.05) is 61.4 Å². The number of rotatable bonds is 3. The molecular weight excluding hydrogens is 270 g/mol. The molecule has 2 nitrogen and oxygen atoms in total. The van der Waals surface area contributed by atoms with Crippen molar-refractivity contribution in [2.24, 2.45) is 5.92 Å². The van der Waals surface area contributed by atoms with Gasteiger partial charge in [0.2, 0.25) is 0 Å². The highest BCUT2D eigenvalue weighted by molar-refractivity contribution is 5.48. The maximum absolute atomic E-state index is 5.98. The van der Waals surface area contributed by atoms with E-state index in [9.17, 15) is 0 Å². The van der Waals surface area contributed by atoms with Crippen molar-refractivity contribution in [1.82, 2.24) is 0 Å². The van der Waals surface area contributed by atoms with Crippen molar-refractivity contribution in [3.63, 3.8) is 0 Å². The minimum atomic E-state index is 0.146. The number of hydroxylamine groups is 1. The van der Waals surface area contributed by atoms with Gasteiger partial charge < -0.3 is 0 Å². The minimum Gasteiger partial charge on any atom is -0.271 e. The van der Waals surface area contributed by atoms with Crippen LogP contribution in [0.4, 0.5) is 5.69 Å². The maximum atomic E-state index is 5.98. The molecule has 3 rings (SSSR count). The van der Waals surface area contributed by atoms with Crippen LogP contribution in [-0.4, -0.2) is 6.61 Å². The van der Waals surface area contributed by atoms with Crippen LogP contribution in [0.15, 0.2) is 60.7 Å². The number of para-hydroxylation sites is 1. The van der Waals surface area contributed by atoms with Crippen molar-refractivity contribution >= 4 is 5.69 Å². The quantitative estimate of drug-likeness (QED) is 0.766. The second-order valence-electron chi connectivity index (χ2n) is 5.49. The zero-order valence-electron chi connectivity index (χ0n) is 12.9. The van der Waals surface area contributed by atoms with E-state index in [1.54, 1.807) is 0 Å². The van der Waals surface area contributed by atoms with Crippen molar-refractivity contribution in [2.45, 2.75) is 25.8 Å². The van der Waals surface area contributed by atoms with Gasteiger partial charge in [-0.05, 0) is 24.1 Å². The van der Waals surface area contributed by atoms with E-state index >= 15 is 0 Å². The smallest absolute Gasteiger partial charge is 0.0975 e. The Bertz CT molecular complexity index is 642. The van der Waals surface area contributed by atoms with E-state index in [0.717, 1.165) is 18.5 Å². The summed E-state index contributed by atoms with van der Waals surface area (Å²) < 4.78 is 0. The van der Waals surface area contributed by atoms with Crippen molar-refractivity contribution < 1.29 is 4.84 Å². The maximum Gasteiger partial charge on any atom is 0.0975 e. The molecule has 1 heterocycles. The summed E-state index contributed by atoms with van der Waals surface area (Å²) in [5.74, 6) is 6.91. The van der Waals surface area contributed by atoms with Gasteiger partial charge in [0.15, 0.2) is 0 Å². The molecule has 22 heavy (non-hydrogen) atoms. The third-order valence-corrected chi connectivity index (χ3v) is 3.84. The number of nitrogens with zero attached hydrogens (tertiary/aromatic N) is 1. The standard InChI is InChI=1S/C20H21NO/c1-2-3-6-13-18-16-22-21(19-14-9-5-10-15-19)20(18)17-11-7-4-8-12-17/h4-5,7-12,14-15,18,20H,2-3,16H2,1H3/t18-,20-/m1/s1. The Hall–Kier alpha value is -2.24. The summed E-state index contributed by atoms with van der Waals surface area (Å²) in [5, 5.41) is 2.01. The summed E-state index contributed by atoms with van der Waals surface area (Å²) in [6, 6.07) is 20.9. The molecule has 0 N–H and O–H groups in total. The molecule has 0 amide bonds. The summed E-state index contributed by atoms with van der Waals surface area (Å²) >= 11 is 0. The SMILES string of the molecule is CCCC#C[C@@H]1CON(c2ccccc2)[C@@H]1c1ccccc1. The summed E-state index contributed by atoms with van der Waals surface area (Å²) in [4.78, 5) is 5.98. The molecule has 2 heteroatoms. The molecule has 0 radical (unpaired) electrons. The van der Waals surface area contributed by atoms with Gasteiger partial charge in [-0.25, -0.2) is 5.06 Å². The van der Waals surface area contributed by atoms with Crippen LogP contribution in [-0.2, 0) is 4.84 Å². The van der Waals surface area contributed by atoms with Crippen LogP contribution in [0.1, 0.15) is 31.4 Å². The van der Waals surface area contributed by atoms with Gasteiger partial charge in [-0.15, -0.1) is 5.92 Å². The van der Waals surface area contributed by atoms with Gasteiger partial charge in [0.25, 0.3) is 0 Å². The number of unbranched alkanes of at least 4 members (excludes halogenated alkanes) is 1. The van der Waals surface area contributed by atoms with Gasteiger partial charge in [-0.3, -0.25) is 4.84 Å². The molecule has 0 aromatic heterocycles. The highest BCUT2D eigenvalue weighted by Gasteiger charge is 2.36. The first-order chi connectivity index (χ1) is 10.9. The summed E-state index contributed by atoms with van der Waals surface area (Å²) in [5.41, 5.74) is 2.33. The van der Waals surface area contributed by atoms with Gasteiger partial charge in [0, 0.05) is 6.42 Å². The lowest BCUT2D eigenvalue weighted by molar-refractivity contribution is 0.156. The third-order valence-electron chi connectivity index (χ3n) is 3.84. The van der Waals surface area contributed by atoms with Crippen LogP contribution in [0.5, 0.6) is 0 Å². The number of hydrogen-bond acceptors (Lipinski definition) is 2. The van der Waals surface area contributed by atoms with E-state index in [0.29, 0.717) is 6.61 Å². The lowest BCUT2D eigenvalue weighted by Gasteiger charge is -2.26. The number of hydrogen-bond donors (Lipinski definition) is 0. The molecule has 0 bridgehead atoms. The Morgan fingerprint density at radius 3 is 2.41 bits per heavy atom. The predicted octanol–water partition coefficient (Wildman–Crippen LogP) is 4.60. The highest BCUT2D eigenvalue weighted by atomic mass is 16.7. The largest absolute Gasteiger partial charge is 0.271 e. The monoisotopic (exact) mass is 291 g/mol. The van der Waals surface area contributed by atoms with Crippen molar-refractivity contribution in [2.75, 3.05) is 11.7 Å². The topological polar surface area (TPSA) is 12.5 Å². The molecule has 1 aliphatic rings. The van der Waals surface area contributed by atoms with E-state index in [4.69, 9.17) is 4.84 Å². The Labute approximate surface area is 132 Å². The second kappa shape index (κ2) is 7.15. The first-order valence-electron chi connectivity index (χ1n) is 7.90. The van der Waals surface area contributed by atoms with Gasteiger partial charge in [0.05, 0.1) is 24.3 Å². The van der Waals surface area contributed by atoms with Crippen LogP contribution >= 0.6 is 0 Å². The molecule has 1 aliphatic heterocycles. The molecule has 2 aromatic rings. The van der Waals surface area contributed by atoms with E-state index in [-0.39, 0.29) is 12.0 Å². The van der Waals surface area contributed by atoms with E-state index in [2.05, 4.69) is 55.2 Å². The zero-order chi connectivity index (χ0) is 15.2. The first kappa shape index (κ1) is 14.7. The van der Waals surface area contributed by atoms with Gasteiger partial charge in [-0.2, -0.15) is 0 Å². The molecule has 2 aromatic carbocycles. The van der Waals surface area contributed by atoms with Crippen LogP contribution in [0, 0.1) is 17.8 Å². The highest BCUT2D eigenvalue weighted by Crippen LogP contribution is 2.38. The molecule has 0 spiro atoms. The van der Waals surface area contributed by atoms with Crippen molar-refractivity contribution in [3.8, 4) is 11.8 Å². The second-order valence-corrected chi connectivity index (χ2v) is 5.49. The lowest BCUT2D eigenvalue weighted by atomic mass is 9.94. The van der Waals surface area contributed by atoms with E-state index in [1.807, 2.05) is 29.3 Å². The Kier molecular flexibility index (Phi) is 4.78. The van der Waals surface area contributed by atoms with Gasteiger partial charge in [0.1, 0.15) is 0 Å². The lowest BCUT2D eigenvalue weighted by Crippen LogP contribution is -2.23.